The molecule has 78 valence electrons. The summed E-state index contributed by atoms with van der Waals surface area (Å²) in [5, 5.41) is 13.6. The quantitative estimate of drug-likeness (QED) is 0.787. The maximum atomic E-state index is 11.4. The van der Waals surface area contributed by atoms with E-state index in [2.05, 4.69) is 10.3 Å². The summed E-state index contributed by atoms with van der Waals surface area (Å²) < 4.78 is 0. The molecule has 0 spiro atoms. The van der Waals surface area contributed by atoms with Crippen molar-refractivity contribution in [2.45, 2.75) is 32.4 Å². The fourth-order valence-corrected chi connectivity index (χ4v) is 1.73. The smallest absolute Gasteiger partial charge is 0.270 e. The van der Waals surface area contributed by atoms with Gasteiger partial charge < -0.3 is 10.4 Å². The topological polar surface area (TPSA) is 62.2 Å². The second-order valence-electron chi connectivity index (χ2n) is 3.33. The minimum Gasteiger partial charge on any atom is -0.393 e. The number of carbonyl (C=O) groups excluding carboxylic acids is 1. The lowest BCUT2D eigenvalue weighted by atomic mass is 10.1. The fourth-order valence-electron chi connectivity index (χ4n) is 1.19. The molecule has 14 heavy (non-hydrogen) atoms. The summed E-state index contributed by atoms with van der Waals surface area (Å²) in [7, 11) is 0. The zero-order valence-electron chi connectivity index (χ0n) is 8.23. The highest BCUT2D eigenvalue weighted by Crippen LogP contribution is 2.02. The third kappa shape index (κ3) is 3.43. The number of thiazole rings is 1. The Kier molecular flexibility index (Phi) is 4.03. The number of amides is 1. The number of nitrogens with one attached hydrogen (secondary N) is 1. The first-order valence-corrected chi connectivity index (χ1v) is 5.41. The van der Waals surface area contributed by atoms with Gasteiger partial charge in [0.2, 0.25) is 0 Å². The summed E-state index contributed by atoms with van der Waals surface area (Å²) in [5.41, 5.74) is 2.06. The van der Waals surface area contributed by atoms with Gasteiger partial charge >= 0.3 is 0 Å². The van der Waals surface area contributed by atoms with Crippen LogP contribution in [0.4, 0.5) is 0 Å². The summed E-state index contributed by atoms with van der Waals surface area (Å²) in [6, 6.07) is -0.0378. The van der Waals surface area contributed by atoms with Crippen molar-refractivity contribution in [3.05, 3.63) is 16.6 Å². The van der Waals surface area contributed by atoms with Gasteiger partial charge in [-0.1, -0.05) is 0 Å². The van der Waals surface area contributed by atoms with E-state index in [-0.39, 0.29) is 11.9 Å². The lowest BCUT2D eigenvalue weighted by molar-refractivity contribution is 0.0918. The Bertz CT molecular complexity index is 285. The molecule has 1 aromatic heterocycles. The van der Waals surface area contributed by atoms with Gasteiger partial charge in [0.15, 0.2) is 0 Å². The van der Waals surface area contributed by atoms with Crippen LogP contribution in [0.2, 0.25) is 0 Å². The van der Waals surface area contributed by atoms with E-state index in [1.807, 2.05) is 6.92 Å². The van der Waals surface area contributed by atoms with Crippen LogP contribution < -0.4 is 5.32 Å². The van der Waals surface area contributed by atoms with Gasteiger partial charge in [0, 0.05) is 11.4 Å². The molecule has 0 saturated carbocycles. The zero-order chi connectivity index (χ0) is 10.6. The molecule has 0 bridgehead atoms. The minimum absolute atomic E-state index is 0.0378. The first kappa shape index (κ1) is 11.1. The number of aliphatic hydroxyl groups is 1. The van der Waals surface area contributed by atoms with Crippen molar-refractivity contribution in [2.75, 3.05) is 0 Å². The van der Waals surface area contributed by atoms with E-state index in [0.717, 1.165) is 0 Å². The zero-order valence-corrected chi connectivity index (χ0v) is 9.04. The molecule has 0 aliphatic heterocycles. The minimum atomic E-state index is -0.402. The monoisotopic (exact) mass is 214 g/mol. The summed E-state index contributed by atoms with van der Waals surface area (Å²) in [4.78, 5) is 15.3. The second kappa shape index (κ2) is 5.07. The van der Waals surface area contributed by atoms with Crippen LogP contribution in [0, 0.1) is 0 Å². The van der Waals surface area contributed by atoms with Gasteiger partial charge in [-0.25, -0.2) is 4.98 Å². The van der Waals surface area contributed by atoms with Crippen LogP contribution in [0.5, 0.6) is 0 Å². The molecule has 0 aromatic carbocycles. The van der Waals surface area contributed by atoms with Crippen molar-refractivity contribution in [2.24, 2.45) is 0 Å². The molecule has 2 unspecified atom stereocenters. The molecular formula is C9H14N2O2S. The van der Waals surface area contributed by atoms with Gasteiger partial charge in [-0.2, -0.15) is 0 Å². The molecule has 2 atom stereocenters. The standard InChI is InChI=1S/C9H14N2O2S/c1-6(3-7(2)12)11-9(13)8-4-14-5-10-8/h4-7,12H,3H2,1-2H3,(H,11,13). The average Bonchev–Trinajstić information content (AvgIpc) is 2.53. The highest BCUT2D eigenvalue weighted by atomic mass is 32.1. The number of hydrogen-bond donors (Lipinski definition) is 2. The summed E-state index contributed by atoms with van der Waals surface area (Å²) >= 11 is 1.39. The molecule has 1 rings (SSSR count). The van der Waals surface area contributed by atoms with E-state index < -0.39 is 6.10 Å². The van der Waals surface area contributed by atoms with Gasteiger partial charge in [-0.15, -0.1) is 11.3 Å². The molecule has 1 heterocycles. The average molecular weight is 214 g/mol. The molecule has 0 radical (unpaired) electrons. The lowest BCUT2D eigenvalue weighted by Gasteiger charge is -2.14. The van der Waals surface area contributed by atoms with Crippen molar-refractivity contribution in [1.82, 2.24) is 10.3 Å². The lowest BCUT2D eigenvalue weighted by Crippen LogP contribution is -2.34. The molecule has 0 aliphatic rings. The number of aliphatic hydroxyl groups excluding tert-OH is 1. The Morgan fingerprint density at radius 1 is 1.71 bits per heavy atom. The molecule has 5 heteroatoms. The van der Waals surface area contributed by atoms with E-state index in [4.69, 9.17) is 5.11 Å². The van der Waals surface area contributed by atoms with Crippen LogP contribution in [0.25, 0.3) is 0 Å². The van der Waals surface area contributed by atoms with E-state index >= 15 is 0 Å². The number of rotatable bonds is 4. The first-order valence-electron chi connectivity index (χ1n) is 4.46. The van der Waals surface area contributed by atoms with Crippen molar-refractivity contribution in [3.63, 3.8) is 0 Å². The SMILES string of the molecule is CC(O)CC(C)NC(=O)c1cscn1. The van der Waals surface area contributed by atoms with Crippen molar-refractivity contribution < 1.29 is 9.90 Å². The fraction of sp³-hybridized carbons (Fsp3) is 0.556. The van der Waals surface area contributed by atoms with Crippen LogP contribution in [0.3, 0.4) is 0 Å². The van der Waals surface area contributed by atoms with Crippen molar-refractivity contribution in [1.29, 1.82) is 0 Å². The molecule has 1 amide bonds. The van der Waals surface area contributed by atoms with E-state index in [1.54, 1.807) is 17.8 Å². The molecule has 0 aliphatic carbocycles. The van der Waals surface area contributed by atoms with E-state index in [9.17, 15) is 4.79 Å². The van der Waals surface area contributed by atoms with E-state index in [0.29, 0.717) is 12.1 Å². The summed E-state index contributed by atoms with van der Waals surface area (Å²) in [6.07, 6.45) is 0.149. The van der Waals surface area contributed by atoms with Crippen molar-refractivity contribution in [3.8, 4) is 0 Å². The predicted molar refractivity (Wildman–Crippen MR) is 55.3 cm³/mol. The van der Waals surface area contributed by atoms with Crippen LogP contribution in [0.15, 0.2) is 10.9 Å². The molecular weight excluding hydrogens is 200 g/mol. The Hall–Kier alpha value is -0.940. The van der Waals surface area contributed by atoms with Crippen LogP contribution in [0.1, 0.15) is 30.8 Å². The normalized spacial score (nSPS) is 14.8. The Morgan fingerprint density at radius 3 is 2.93 bits per heavy atom. The number of aromatic nitrogens is 1. The van der Waals surface area contributed by atoms with Gasteiger partial charge in [0.05, 0.1) is 11.6 Å². The van der Waals surface area contributed by atoms with Gasteiger partial charge in [-0.3, -0.25) is 4.79 Å². The third-order valence-electron chi connectivity index (χ3n) is 1.74. The maximum Gasteiger partial charge on any atom is 0.270 e. The molecule has 0 saturated heterocycles. The maximum absolute atomic E-state index is 11.4. The summed E-state index contributed by atoms with van der Waals surface area (Å²) in [6.45, 7) is 3.56. The van der Waals surface area contributed by atoms with Gasteiger partial charge in [-0.05, 0) is 20.3 Å². The van der Waals surface area contributed by atoms with Crippen LogP contribution >= 0.6 is 11.3 Å². The summed E-state index contributed by atoms with van der Waals surface area (Å²) in [5.74, 6) is -0.181. The first-order chi connectivity index (χ1) is 6.59. The Balaban J connectivity index is 2.41. The highest BCUT2D eigenvalue weighted by molar-refractivity contribution is 7.07. The van der Waals surface area contributed by atoms with Crippen LogP contribution in [-0.4, -0.2) is 28.1 Å². The van der Waals surface area contributed by atoms with Crippen molar-refractivity contribution >= 4 is 17.2 Å². The number of hydrogen-bond acceptors (Lipinski definition) is 4. The third-order valence-corrected chi connectivity index (χ3v) is 2.32. The van der Waals surface area contributed by atoms with Gasteiger partial charge in [0.25, 0.3) is 5.91 Å². The molecule has 0 fully saturated rings. The predicted octanol–water partition coefficient (Wildman–Crippen LogP) is 1.03. The Labute approximate surface area is 87.0 Å². The van der Waals surface area contributed by atoms with E-state index in [1.165, 1.54) is 11.3 Å². The molecule has 4 nitrogen and oxygen atoms in total. The highest BCUT2D eigenvalue weighted by Gasteiger charge is 2.12. The molecule has 2 N–H and O–H groups in total. The Morgan fingerprint density at radius 2 is 2.43 bits per heavy atom. The largest absolute Gasteiger partial charge is 0.393 e. The number of nitrogens with zero attached hydrogens (tertiary/aromatic N) is 1. The van der Waals surface area contributed by atoms with Gasteiger partial charge in [0.1, 0.15) is 5.69 Å². The molecule has 1 aromatic rings. The van der Waals surface area contributed by atoms with Crippen LogP contribution in [-0.2, 0) is 0 Å². The number of carbonyl (C=O) groups is 1. The second-order valence-corrected chi connectivity index (χ2v) is 4.05.